The van der Waals surface area contributed by atoms with E-state index in [1.54, 1.807) is 55.8 Å². The van der Waals surface area contributed by atoms with E-state index in [2.05, 4.69) is 15.6 Å². The number of aromatic nitrogens is 1. The van der Waals surface area contributed by atoms with Crippen LogP contribution in [0.3, 0.4) is 0 Å². The van der Waals surface area contributed by atoms with Gasteiger partial charge in [0.15, 0.2) is 0 Å². The van der Waals surface area contributed by atoms with Gasteiger partial charge in [-0.15, -0.1) is 0 Å². The lowest BCUT2D eigenvalue weighted by Gasteiger charge is -2.12. The van der Waals surface area contributed by atoms with Crippen LogP contribution < -0.4 is 20.1 Å². The zero-order valence-corrected chi connectivity index (χ0v) is 15.6. The quantitative estimate of drug-likeness (QED) is 0.642. The van der Waals surface area contributed by atoms with Crippen molar-refractivity contribution in [3.05, 3.63) is 71.4 Å². The Kier molecular flexibility index (Phi) is 5.78. The van der Waals surface area contributed by atoms with Crippen LogP contribution in [0.4, 0.5) is 17.2 Å². The molecule has 0 fully saturated rings. The molecule has 6 nitrogen and oxygen atoms in total. The van der Waals surface area contributed by atoms with Gasteiger partial charge in [0, 0.05) is 28.5 Å². The van der Waals surface area contributed by atoms with Crippen molar-refractivity contribution in [2.75, 3.05) is 24.9 Å². The number of pyridine rings is 1. The molecule has 0 saturated carbocycles. The van der Waals surface area contributed by atoms with E-state index in [1.807, 2.05) is 12.1 Å². The van der Waals surface area contributed by atoms with E-state index < -0.39 is 0 Å². The number of carbonyl (C=O) groups is 1. The van der Waals surface area contributed by atoms with Crippen LogP contribution in [0, 0.1) is 0 Å². The van der Waals surface area contributed by atoms with E-state index >= 15 is 0 Å². The first-order valence-corrected chi connectivity index (χ1v) is 8.49. The highest BCUT2D eigenvalue weighted by atomic mass is 35.5. The number of amides is 1. The molecular weight excluding hydrogens is 366 g/mol. The Morgan fingerprint density at radius 3 is 2.63 bits per heavy atom. The first-order valence-electron chi connectivity index (χ1n) is 8.11. The molecule has 0 radical (unpaired) electrons. The number of methoxy groups -OCH3 is 2. The van der Waals surface area contributed by atoms with Crippen molar-refractivity contribution in [1.82, 2.24) is 4.98 Å². The molecule has 0 saturated heterocycles. The number of halogens is 1. The van der Waals surface area contributed by atoms with Gasteiger partial charge in [-0.3, -0.25) is 4.79 Å². The van der Waals surface area contributed by atoms with Crippen LogP contribution >= 0.6 is 11.6 Å². The lowest BCUT2D eigenvalue weighted by Crippen LogP contribution is -2.13. The van der Waals surface area contributed by atoms with Gasteiger partial charge >= 0.3 is 0 Å². The van der Waals surface area contributed by atoms with Crippen molar-refractivity contribution >= 4 is 34.7 Å². The third kappa shape index (κ3) is 4.68. The molecule has 0 unspecified atom stereocenters. The Bertz CT molecular complexity index is 963. The Labute approximate surface area is 162 Å². The highest BCUT2D eigenvalue weighted by molar-refractivity contribution is 6.30. The minimum absolute atomic E-state index is 0.282. The van der Waals surface area contributed by atoms with Crippen molar-refractivity contribution in [2.45, 2.75) is 0 Å². The molecule has 0 spiro atoms. The molecule has 3 aromatic rings. The number of anilines is 3. The molecule has 0 aliphatic carbocycles. The molecule has 27 heavy (non-hydrogen) atoms. The second-order valence-corrected chi connectivity index (χ2v) is 6.02. The van der Waals surface area contributed by atoms with Crippen molar-refractivity contribution in [3.8, 4) is 11.5 Å². The standard InChI is InChI=1S/C20H18ClN3O3/c1-26-16-6-7-17(18(12-16)27-2)24-20(25)13-8-9-22-19(10-13)23-15-5-3-4-14(21)11-15/h3-12H,1-2H3,(H,22,23)(H,24,25). The zero-order valence-electron chi connectivity index (χ0n) is 14.8. The predicted octanol–water partition coefficient (Wildman–Crippen LogP) is 4.75. The summed E-state index contributed by atoms with van der Waals surface area (Å²) in [7, 11) is 3.10. The molecule has 2 N–H and O–H groups in total. The van der Waals surface area contributed by atoms with Crippen LogP contribution in [0.2, 0.25) is 5.02 Å². The summed E-state index contributed by atoms with van der Waals surface area (Å²) in [5.41, 5.74) is 1.78. The maximum atomic E-state index is 12.6. The van der Waals surface area contributed by atoms with E-state index in [-0.39, 0.29) is 5.91 Å². The van der Waals surface area contributed by atoms with Gasteiger partial charge in [0.2, 0.25) is 0 Å². The van der Waals surface area contributed by atoms with E-state index in [4.69, 9.17) is 21.1 Å². The molecule has 2 aromatic carbocycles. The van der Waals surface area contributed by atoms with Crippen molar-refractivity contribution in [1.29, 1.82) is 0 Å². The minimum Gasteiger partial charge on any atom is -0.497 e. The topological polar surface area (TPSA) is 72.5 Å². The normalized spacial score (nSPS) is 10.2. The number of carbonyl (C=O) groups excluding carboxylic acids is 1. The van der Waals surface area contributed by atoms with Crippen LogP contribution in [0.1, 0.15) is 10.4 Å². The monoisotopic (exact) mass is 383 g/mol. The van der Waals surface area contributed by atoms with Gasteiger partial charge in [-0.05, 0) is 42.5 Å². The number of hydrogen-bond donors (Lipinski definition) is 2. The molecule has 1 heterocycles. The number of nitrogens with one attached hydrogen (secondary N) is 2. The summed E-state index contributed by atoms with van der Waals surface area (Å²) < 4.78 is 10.5. The molecule has 1 aromatic heterocycles. The molecule has 3 rings (SSSR count). The van der Waals surface area contributed by atoms with Gasteiger partial charge in [0.25, 0.3) is 5.91 Å². The summed E-state index contributed by atoms with van der Waals surface area (Å²) in [5, 5.41) is 6.57. The van der Waals surface area contributed by atoms with Crippen LogP contribution in [0.5, 0.6) is 11.5 Å². The number of benzene rings is 2. The van der Waals surface area contributed by atoms with Crippen LogP contribution in [-0.2, 0) is 0 Å². The lowest BCUT2D eigenvalue weighted by atomic mass is 10.2. The van der Waals surface area contributed by atoms with Crippen molar-refractivity contribution in [2.24, 2.45) is 0 Å². The highest BCUT2D eigenvalue weighted by Crippen LogP contribution is 2.29. The summed E-state index contributed by atoms with van der Waals surface area (Å²) in [5.74, 6) is 1.40. The smallest absolute Gasteiger partial charge is 0.255 e. The van der Waals surface area contributed by atoms with Crippen molar-refractivity contribution < 1.29 is 14.3 Å². The van der Waals surface area contributed by atoms with Gasteiger partial charge in [-0.2, -0.15) is 0 Å². The third-order valence-corrected chi connectivity index (χ3v) is 4.01. The van der Waals surface area contributed by atoms with Gasteiger partial charge in [0.05, 0.1) is 19.9 Å². The lowest BCUT2D eigenvalue weighted by molar-refractivity contribution is 0.102. The SMILES string of the molecule is COc1ccc(NC(=O)c2ccnc(Nc3cccc(Cl)c3)c2)c(OC)c1. The summed E-state index contributed by atoms with van der Waals surface area (Å²) in [6, 6.07) is 15.7. The van der Waals surface area contributed by atoms with E-state index in [1.165, 1.54) is 7.11 Å². The third-order valence-electron chi connectivity index (χ3n) is 3.78. The second kappa shape index (κ2) is 8.42. The van der Waals surface area contributed by atoms with Gasteiger partial charge in [-0.25, -0.2) is 4.98 Å². The average Bonchev–Trinajstić information content (AvgIpc) is 2.68. The number of hydrogen-bond acceptors (Lipinski definition) is 5. The molecule has 1 amide bonds. The largest absolute Gasteiger partial charge is 0.497 e. The predicted molar refractivity (Wildman–Crippen MR) is 106 cm³/mol. The van der Waals surface area contributed by atoms with Crippen molar-refractivity contribution in [3.63, 3.8) is 0 Å². The van der Waals surface area contributed by atoms with E-state index in [0.29, 0.717) is 33.6 Å². The second-order valence-electron chi connectivity index (χ2n) is 5.59. The fourth-order valence-corrected chi connectivity index (χ4v) is 2.64. The number of rotatable bonds is 6. The maximum absolute atomic E-state index is 12.6. The highest BCUT2D eigenvalue weighted by Gasteiger charge is 2.12. The fourth-order valence-electron chi connectivity index (χ4n) is 2.45. The van der Waals surface area contributed by atoms with Crippen LogP contribution in [-0.4, -0.2) is 25.1 Å². The Morgan fingerprint density at radius 2 is 1.89 bits per heavy atom. The first-order chi connectivity index (χ1) is 13.1. The summed E-state index contributed by atoms with van der Waals surface area (Å²) in [6.07, 6.45) is 1.56. The van der Waals surface area contributed by atoms with Crippen LogP contribution in [0.25, 0.3) is 0 Å². The Balaban J connectivity index is 1.77. The molecule has 0 atom stereocenters. The molecule has 0 bridgehead atoms. The minimum atomic E-state index is -0.282. The molecular formula is C20H18ClN3O3. The fraction of sp³-hybridized carbons (Fsp3) is 0.100. The van der Waals surface area contributed by atoms with E-state index in [9.17, 15) is 4.79 Å². The molecule has 138 valence electrons. The average molecular weight is 384 g/mol. The summed E-state index contributed by atoms with van der Waals surface area (Å²) in [6.45, 7) is 0. The van der Waals surface area contributed by atoms with Gasteiger partial charge < -0.3 is 20.1 Å². The summed E-state index contributed by atoms with van der Waals surface area (Å²) >= 11 is 5.99. The number of nitrogens with zero attached hydrogens (tertiary/aromatic N) is 1. The maximum Gasteiger partial charge on any atom is 0.255 e. The van der Waals surface area contributed by atoms with Gasteiger partial charge in [-0.1, -0.05) is 17.7 Å². The van der Waals surface area contributed by atoms with Gasteiger partial charge in [0.1, 0.15) is 17.3 Å². The van der Waals surface area contributed by atoms with Crippen LogP contribution in [0.15, 0.2) is 60.8 Å². The first kappa shape index (κ1) is 18.5. The van der Waals surface area contributed by atoms with E-state index in [0.717, 1.165) is 5.69 Å². The Hall–Kier alpha value is -3.25. The molecule has 0 aliphatic heterocycles. The Morgan fingerprint density at radius 1 is 1.04 bits per heavy atom. The zero-order chi connectivity index (χ0) is 19.2. The molecule has 0 aliphatic rings. The number of ether oxygens (including phenoxy) is 2. The summed E-state index contributed by atoms with van der Waals surface area (Å²) in [4.78, 5) is 16.9. The molecule has 7 heteroatoms.